The highest BCUT2D eigenvalue weighted by Crippen LogP contribution is 2.35. The maximum atomic E-state index is 12.9. The van der Waals surface area contributed by atoms with Crippen molar-refractivity contribution in [2.24, 2.45) is 0 Å². The zero-order chi connectivity index (χ0) is 18.7. The van der Waals surface area contributed by atoms with E-state index in [1.807, 2.05) is 35.2 Å². The Kier molecular flexibility index (Phi) is 5.07. The van der Waals surface area contributed by atoms with Gasteiger partial charge in [-0.1, -0.05) is 30.3 Å². The fourth-order valence-electron chi connectivity index (χ4n) is 4.02. The highest BCUT2D eigenvalue weighted by molar-refractivity contribution is 5.92. The SMILES string of the molecule is O=C(c1ccc(=O)n(Cc2ccccc2)n1)N1CCC2(CCCCO2)CC1. The number of amides is 1. The minimum Gasteiger partial charge on any atom is -0.375 e. The zero-order valence-corrected chi connectivity index (χ0v) is 15.5. The molecule has 6 heteroatoms. The van der Waals surface area contributed by atoms with E-state index in [4.69, 9.17) is 4.74 Å². The summed E-state index contributed by atoms with van der Waals surface area (Å²) < 4.78 is 7.40. The van der Waals surface area contributed by atoms with E-state index in [2.05, 4.69) is 5.10 Å². The standard InChI is InChI=1S/C21H25N3O3/c25-19-9-8-18(22-24(19)16-17-6-2-1-3-7-17)20(26)23-13-11-21(12-14-23)10-4-5-15-27-21/h1-3,6-9H,4-5,10-16H2. The van der Waals surface area contributed by atoms with Crippen LogP contribution in [0, 0.1) is 0 Å². The average Bonchev–Trinajstić information content (AvgIpc) is 2.71. The lowest BCUT2D eigenvalue weighted by atomic mass is 9.84. The number of piperidine rings is 1. The van der Waals surface area contributed by atoms with Crippen LogP contribution in [-0.4, -0.2) is 45.9 Å². The van der Waals surface area contributed by atoms with E-state index in [9.17, 15) is 9.59 Å². The van der Waals surface area contributed by atoms with Gasteiger partial charge in [0.15, 0.2) is 0 Å². The lowest BCUT2D eigenvalue weighted by Crippen LogP contribution is -2.49. The summed E-state index contributed by atoms with van der Waals surface area (Å²) in [5, 5.41) is 4.33. The van der Waals surface area contributed by atoms with Crippen LogP contribution in [0.25, 0.3) is 0 Å². The van der Waals surface area contributed by atoms with Gasteiger partial charge in [-0.25, -0.2) is 4.68 Å². The molecule has 0 unspecified atom stereocenters. The Balaban J connectivity index is 1.46. The molecule has 1 aromatic heterocycles. The fraction of sp³-hybridized carbons (Fsp3) is 0.476. The molecule has 0 aliphatic carbocycles. The highest BCUT2D eigenvalue weighted by Gasteiger charge is 2.38. The van der Waals surface area contributed by atoms with Crippen LogP contribution in [0.5, 0.6) is 0 Å². The third-order valence-electron chi connectivity index (χ3n) is 5.66. The molecular formula is C21H25N3O3. The first kappa shape index (κ1) is 17.9. The predicted molar refractivity (Wildman–Crippen MR) is 102 cm³/mol. The first-order chi connectivity index (χ1) is 13.2. The van der Waals surface area contributed by atoms with Crippen molar-refractivity contribution >= 4 is 5.91 Å². The van der Waals surface area contributed by atoms with Crippen LogP contribution in [-0.2, 0) is 11.3 Å². The Morgan fingerprint density at radius 3 is 2.52 bits per heavy atom. The summed E-state index contributed by atoms with van der Waals surface area (Å²) in [6, 6.07) is 12.6. The molecule has 142 valence electrons. The molecule has 0 atom stereocenters. The van der Waals surface area contributed by atoms with Gasteiger partial charge in [-0.05, 0) is 43.7 Å². The zero-order valence-electron chi connectivity index (χ0n) is 15.5. The Bertz CT molecular complexity index is 846. The lowest BCUT2D eigenvalue weighted by molar-refractivity contribution is -0.107. The maximum Gasteiger partial charge on any atom is 0.274 e. The number of benzene rings is 1. The van der Waals surface area contributed by atoms with Gasteiger partial charge >= 0.3 is 0 Å². The van der Waals surface area contributed by atoms with Gasteiger partial charge in [0, 0.05) is 25.8 Å². The number of hydrogen-bond acceptors (Lipinski definition) is 4. The monoisotopic (exact) mass is 367 g/mol. The number of carbonyl (C=O) groups excluding carboxylic acids is 1. The van der Waals surface area contributed by atoms with Crippen molar-refractivity contribution in [2.75, 3.05) is 19.7 Å². The summed E-state index contributed by atoms with van der Waals surface area (Å²) in [5.41, 5.74) is 1.06. The molecule has 3 heterocycles. The molecule has 0 saturated carbocycles. The molecule has 2 saturated heterocycles. The molecule has 1 aromatic carbocycles. The number of likely N-dealkylation sites (tertiary alicyclic amines) is 1. The van der Waals surface area contributed by atoms with Crippen LogP contribution in [0.2, 0.25) is 0 Å². The van der Waals surface area contributed by atoms with Crippen LogP contribution in [0.15, 0.2) is 47.3 Å². The molecule has 2 aliphatic heterocycles. The lowest BCUT2D eigenvalue weighted by Gasteiger charge is -2.43. The number of rotatable bonds is 3. The van der Waals surface area contributed by atoms with Crippen molar-refractivity contribution < 1.29 is 9.53 Å². The van der Waals surface area contributed by atoms with Crippen LogP contribution in [0.4, 0.5) is 0 Å². The van der Waals surface area contributed by atoms with Crippen molar-refractivity contribution in [3.63, 3.8) is 0 Å². The summed E-state index contributed by atoms with van der Waals surface area (Å²) in [4.78, 5) is 26.9. The minimum atomic E-state index is -0.205. The molecule has 0 bridgehead atoms. The van der Waals surface area contributed by atoms with E-state index in [0.29, 0.717) is 25.3 Å². The van der Waals surface area contributed by atoms with Crippen molar-refractivity contribution in [1.29, 1.82) is 0 Å². The summed E-state index contributed by atoms with van der Waals surface area (Å²) in [7, 11) is 0. The molecule has 0 radical (unpaired) electrons. The summed E-state index contributed by atoms with van der Waals surface area (Å²) in [5.74, 6) is -0.109. The molecule has 2 fully saturated rings. The normalized spacial score (nSPS) is 19.2. The van der Waals surface area contributed by atoms with Crippen LogP contribution in [0.3, 0.4) is 0 Å². The van der Waals surface area contributed by atoms with Gasteiger partial charge in [0.1, 0.15) is 5.69 Å². The molecule has 0 N–H and O–H groups in total. The fourth-order valence-corrected chi connectivity index (χ4v) is 4.02. The van der Waals surface area contributed by atoms with Crippen molar-refractivity contribution in [3.05, 3.63) is 64.1 Å². The van der Waals surface area contributed by atoms with Crippen molar-refractivity contribution in [1.82, 2.24) is 14.7 Å². The number of ether oxygens (including phenoxy) is 1. The number of aromatic nitrogens is 2. The topological polar surface area (TPSA) is 64.4 Å². The van der Waals surface area contributed by atoms with E-state index < -0.39 is 0 Å². The minimum absolute atomic E-state index is 0.0332. The smallest absolute Gasteiger partial charge is 0.274 e. The first-order valence-electron chi connectivity index (χ1n) is 9.71. The summed E-state index contributed by atoms with van der Waals surface area (Å²) in [6.45, 7) is 2.55. The molecule has 1 spiro atoms. The predicted octanol–water partition coefficient (Wildman–Crippen LogP) is 2.47. The average molecular weight is 367 g/mol. The molecule has 4 rings (SSSR count). The van der Waals surface area contributed by atoms with Crippen LogP contribution >= 0.6 is 0 Å². The van der Waals surface area contributed by atoms with Gasteiger partial charge in [0.05, 0.1) is 12.1 Å². The molecule has 2 aliphatic rings. The van der Waals surface area contributed by atoms with Gasteiger partial charge in [-0.3, -0.25) is 9.59 Å². The second-order valence-electron chi connectivity index (χ2n) is 7.48. The first-order valence-corrected chi connectivity index (χ1v) is 9.71. The number of carbonyl (C=O) groups is 1. The number of hydrogen-bond donors (Lipinski definition) is 0. The second kappa shape index (κ2) is 7.64. The Morgan fingerprint density at radius 1 is 1.04 bits per heavy atom. The Labute approximate surface area is 158 Å². The van der Waals surface area contributed by atoms with Crippen LogP contribution < -0.4 is 5.56 Å². The van der Waals surface area contributed by atoms with Crippen molar-refractivity contribution in [2.45, 2.75) is 44.2 Å². The van der Waals surface area contributed by atoms with Gasteiger partial charge < -0.3 is 9.64 Å². The van der Waals surface area contributed by atoms with E-state index in [1.54, 1.807) is 0 Å². The highest BCUT2D eigenvalue weighted by atomic mass is 16.5. The van der Waals surface area contributed by atoms with Crippen molar-refractivity contribution in [3.8, 4) is 0 Å². The van der Waals surface area contributed by atoms with E-state index in [1.165, 1.54) is 23.2 Å². The van der Waals surface area contributed by atoms with E-state index >= 15 is 0 Å². The summed E-state index contributed by atoms with van der Waals surface area (Å²) in [6.07, 6.45) is 5.19. The Morgan fingerprint density at radius 2 is 1.81 bits per heavy atom. The maximum absolute atomic E-state index is 12.9. The largest absolute Gasteiger partial charge is 0.375 e. The molecule has 2 aromatic rings. The molecule has 1 amide bonds. The van der Waals surface area contributed by atoms with Gasteiger partial charge in [-0.2, -0.15) is 5.10 Å². The third kappa shape index (κ3) is 3.95. The van der Waals surface area contributed by atoms with Gasteiger partial charge in [0.2, 0.25) is 0 Å². The molecule has 6 nitrogen and oxygen atoms in total. The quantitative estimate of drug-likeness (QED) is 0.836. The van der Waals surface area contributed by atoms with Gasteiger partial charge in [-0.15, -0.1) is 0 Å². The summed E-state index contributed by atoms with van der Waals surface area (Å²) >= 11 is 0. The Hall–Kier alpha value is -2.47. The van der Waals surface area contributed by atoms with E-state index in [0.717, 1.165) is 37.9 Å². The third-order valence-corrected chi connectivity index (χ3v) is 5.66. The molecule has 27 heavy (non-hydrogen) atoms. The second-order valence-corrected chi connectivity index (χ2v) is 7.48. The van der Waals surface area contributed by atoms with E-state index in [-0.39, 0.29) is 17.1 Å². The molecular weight excluding hydrogens is 342 g/mol. The van der Waals surface area contributed by atoms with Crippen LogP contribution in [0.1, 0.15) is 48.2 Å². The number of nitrogens with zero attached hydrogens (tertiary/aromatic N) is 3. The van der Waals surface area contributed by atoms with Gasteiger partial charge in [0.25, 0.3) is 11.5 Å².